The van der Waals surface area contributed by atoms with Crippen LogP contribution in [0.5, 0.6) is 11.5 Å². The molecule has 16 nitrogen and oxygen atoms in total. The van der Waals surface area contributed by atoms with Crippen molar-refractivity contribution in [1.29, 1.82) is 0 Å². The molecule has 0 bridgehead atoms. The molecule has 18 heteroatoms. The number of rotatable bonds is 14. The minimum Gasteiger partial charge on any atom is -0.495 e. The van der Waals surface area contributed by atoms with E-state index < -0.39 is 13.2 Å². The van der Waals surface area contributed by atoms with Crippen molar-refractivity contribution in [2.75, 3.05) is 99.1 Å². The molecule has 5 aromatic rings. The number of halogens is 1. The highest BCUT2D eigenvalue weighted by molar-refractivity contribution is 7.70. The SMILES string of the molecule is COc1cc(N2CCC(CN3CCN(c4ccc(NC5CCC(=O)NC5=O)cc4OC)CC3)CC2)c(-c2cnn(C)c2)cc1Nc1ncc(Cl)c(Nc2ccccc2P(C)(C)=O)n1. The average Bonchev–Trinajstić information content (AvgIpc) is 3.72. The van der Waals surface area contributed by atoms with Gasteiger partial charge in [0.1, 0.15) is 29.7 Å². The molecule has 1 atom stereocenters. The van der Waals surface area contributed by atoms with Crippen LogP contribution in [0.1, 0.15) is 25.7 Å². The summed E-state index contributed by atoms with van der Waals surface area (Å²) in [5, 5.41) is 17.9. The zero-order chi connectivity index (χ0) is 44.3. The van der Waals surface area contributed by atoms with Gasteiger partial charge >= 0.3 is 0 Å². The van der Waals surface area contributed by atoms with Gasteiger partial charge in [-0.1, -0.05) is 23.7 Å². The lowest BCUT2D eigenvalue weighted by Crippen LogP contribution is -2.49. The number of nitrogens with zero attached hydrogens (tertiary/aromatic N) is 7. The number of para-hydroxylation sites is 1. The summed E-state index contributed by atoms with van der Waals surface area (Å²) < 4.78 is 26.6. The van der Waals surface area contributed by atoms with Gasteiger partial charge in [0.15, 0.2) is 5.82 Å². The van der Waals surface area contributed by atoms with Crippen molar-refractivity contribution < 1.29 is 23.6 Å². The number of piperazine rings is 1. The van der Waals surface area contributed by atoms with E-state index in [1.54, 1.807) is 32.2 Å². The molecule has 3 saturated heterocycles. The van der Waals surface area contributed by atoms with Crippen LogP contribution in [0, 0.1) is 5.92 Å². The lowest BCUT2D eigenvalue weighted by molar-refractivity contribution is -0.133. The molecule has 0 radical (unpaired) electrons. The minimum absolute atomic E-state index is 0.230. The van der Waals surface area contributed by atoms with Crippen LogP contribution in [-0.2, 0) is 21.2 Å². The van der Waals surface area contributed by atoms with Crippen molar-refractivity contribution in [3.05, 3.63) is 78.2 Å². The van der Waals surface area contributed by atoms with Crippen molar-refractivity contribution in [2.24, 2.45) is 13.0 Å². The first-order valence-corrected chi connectivity index (χ1v) is 24.3. The highest BCUT2D eigenvalue weighted by atomic mass is 35.5. The summed E-state index contributed by atoms with van der Waals surface area (Å²) in [4.78, 5) is 40.5. The maximum Gasteiger partial charge on any atom is 0.249 e. The van der Waals surface area contributed by atoms with E-state index in [1.807, 2.05) is 55.8 Å². The number of aryl methyl sites for hydroxylation is 1. The van der Waals surface area contributed by atoms with Gasteiger partial charge in [-0.15, -0.1) is 0 Å². The van der Waals surface area contributed by atoms with Gasteiger partial charge in [-0.05, 0) is 68.8 Å². The summed E-state index contributed by atoms with van der Waals surface area (Å²) in [5.74, 6) is 2.15. The Hall–Kier alpha value is -5.83. The quantitative estimate of drug-likeness (QED) is 0.0700. The number of piperidine rings is 2. The van der Waals surface area contributed by atoms with Gasteiger partial charge in [-0.3, -0.25) is 24.5 Å². The van der Waals surface area contributed by atoms with Crippen LogP contribution in [0.25, 0.3) is 11.1 Å². The van der Waals surface area contributed by atoms with Crippen LogP contribution in [0.3, 0.4) is 0 Å². The highest BCUT2D eigenvalue weighted by Crippen LogP contribution is 2.43. The van der Waals surface area contributed by atoms with Crippen LogP contribution in [-0.4, -0.2) is 116 Å². The predicted molar refractivity (Wildman–Crippen MR) is 251 cm³/mol. The van der Waals surface area contributed by atoms with Crippen LogP contribution < -0.4 is 45.8 Å². The van der Waals surface area contributed by atoms with E-state index in [0.717, 1.165) is 92.6 Å². The molecule has 3 aromatic carbocycles. The second-order valence-electron chi connectivity index (χ2n) is 16.7. The molecule has 3 aliphatic rings. The van der Waals surface area contributed by atoms with E-state index >= 15 is 0 Å². The van der Waals surface area contributed by atoms with Gasteiger partial charge in [-0.2, -0.15) is 10.1 Å². The Morgan fingerprint density at radius 2 is 1.60 bits per heavy atom. The number of carbonyl (C=O) groups excluding carboxylic acids is 2. The predicted octanol–water partition coefficient (Wildman–Crippen LogP) is 6.54. The van der Waals surface area contributed by atoms with Gasteiger partial charge in [-0.25, -0.2) is 4.98 Å². The van der Waals surface area contributed by atoms with E-state index in [1.165, 1.54) is 6.20 Å². The van der Waals surface area contributed by atoms with Gasteiger partial charge in [0.2, 0.25) is 17.8 Å². The van der Waals surface area contributed by atoms with Crippen molar-refractivity contribution in [2.45, 2.75) is 31.7 Å². The number of aromatic nitrogens is 4. The van der Waals surface area contributed by atoms with Crippen molar-refractivity contribution in [3.8, 4) is 22.6 Å². The number of carbonyl (C=O) groups is 2. The zero-order valence-corrected chi connectivity index (χ0v) is 38.0. The van der Waals surface area contributed by atoms with Gasteiger partial charge in [0, 0.05) is 105 Å². The number of nitrogens with one attached hydrogen (secondary N) is 4. The number of hydrogen-bond acceptors (Lipinski definition) is 14. The smallest absolute Gasteiger partial charge is 0.249 e. The second-order valence-corrected chi connectivity index (χ2v) is 20.3. The Bertz CT molecular complexity index is 2520. The molecule has 0 aliphatic carbocycles. The molecular formula is C45H55ClN11O5P. The monoisotopic (exact) mass is 895 g/mol. The Morgan fingerprint density at radius 3 is 2.30 bits per heavy atom. The molecular weight excluding hydrogens is 841 g/mol. The number of methoxy groups -OCH3 is 2. The first kappa shape index (κ1) is 43.8. The van der Waals surface area contributed by atoms with Gasteiger partial charge < -0.3 is 39.8 Å². The van der Waals surface area contributed by atoms with Crippen molar-refractivity contribution in [3.63, 3.8) is 0 Å². The van der Waals surface area contributed by atoms with E-state index in [-0.39, 0.29) is 11.8 Å². The fourth-order valence-electron chi connectivity index (χ4n) is 8.65. The molecule has 3 aliphatic heterocycles. The Morgan fingerprint density at radius 1 is 0.857 bits per heavy atom. The molecule has 1 unspecified atom stereocenters. The molecule has 332 valence electrons. The van der Waals surface area contributed by atoms with Crippen LogP contribution in [0.15, 0.2) is 73.2 Å². The summed E-state index contributed by atoms with van der Waals surface area (Å²) in [7, 11) is 2.66. The Balaban J connectivity index is 0.912. The third-order valence-corrected chi connectivity index (χ3v) is 13.8. The van der Waals surface area contributed by atoms with E-state index in [2.05, 4.69) is 64.2 Å². The van der Waals surface area contributed by atoms with Crippen LogP contribution >= 0.6 is 18.7 Å². The van der Waals surface area contributed by atoms with Crippen molar-refractivity contribution >= 4 is 76.1 Å². The fraction of sp³-hybridized carbons (Fsp3) is 0.400. The molecule has 5 heterocycles. The minimum atomic E-state index is -2.58. The third kappa shape index (κ3) is 10.2. The number of amides is 2. The summed E-state index contributed by atoms with van der Waals surface area (Å²) >= 11 is 6.58. The second kappa shape index (κ2) is 18.9. The summed E-state index contributed by atoms with van der Waals surface area (Å²) in [6, 6.07) is 17.1. The van der Waals surface area contributed by atoms with Gasteiger partial charge in [0.25, 0.3) is 0 Å². The van der Waals surface area contributed by atoms with Gasteiger partial charge in [0.05, 0.1) is 43.7 Å². The fourth-order valence-corrected chi connectivity index (χ4v) is 9.95. The molecule has 63 heavy (non-hydrogen) atoms. The highest BCUT2D eigenvalue weighted by Gasteiger charge is 2.29. The number of ether oxygens (including phenoxy) is 2. The van der Waals surface area contributed by atoms with E-state index in [9.17, 15) is 14.2 Å². The Kier molecular flexibility index (Phi) is 13.1. The third-order valence-electron chi connectivity index (χ3n) is 12.0. The maximum absolute atomic E-state index is 13.0. The summed E-state index contributed by atoms with van der Waals surface area (Å²) in [6.45, 7) is 10.0. The number of hydrogen-bond donors (Lipinski definition) is 4. The topological polar surface area (TPSA) is 171 Å². The number of benzene rings is 3. The van der Waals surface area contributed by atoms with E-state index in [0.29, 0.717) is 58.0 Å². The van der Waals surface area contributed by atoms with Crippen molar-refractivity contribution in [1.82, 2.24) is 30.0 Å². The first-order valence-electron chi connectivity index (χ1n) is 21.3. The lowest BCUT2D eigenvalue weighted by atomic mass is 9.94. The Labute approximate surface area is 373 Å². The molecule has 2 amide bonds. The molecule has 0 saturated carbocycles. The molecule has 3 fully saturated rings. The molecule has 4 N–H and O–H groups in total. The molecule has 0 spiro atoms. The standard InChI is InChI=1S/C45H55ClN11O5P/c1-54-28-30(25-48-54)32-23-36(51-45-47-26-33(46)43(53-45)50-34-8-6-7-9-41(34)63(4,5)60)39(61-2)24-38(32)56-16-14-29(15-17-56)27-55-18-20-57(21-19-55)37-12-10-31(22-40(37)62-3)49-35-11-13-42(58)52-44(35)59/h6-10,12,22-26,28-29,35,49H,11,13-21,27H2,1-5H3,(H,52,58,59)(H2,47,50,51,53). The number of imide groups is 1. The van der Waals surface area contributed by atoms with E-state index in [4.69, 9.17) is 26.1 Å². The summed E-state index contributed by atoms with van der Waals surface area (Å²) in [6.07, 6.45) is 8.34. The molecule has 8 rings (SSSR count). The summed E-state index contributed by atoms with van der Waals surface area (Å²) in [5.41, 5.74) is 6.25. The first-order chi connectivity index (χ1) is 30.3. The maximum atomic E-state index is 13.0. The normalized spacial score (nSPS) is 17.7. The zero-order valence-electron chi connectivity index (χ0n) is 36.4. The lowest BCUT2D eigenvalue weighted by Gasteiger charge is -2.40. The largest absolute Gasteiger partial charge is 0.495 e. The molecule has 2 aromatic heterocycles. The average molecular weight is 896 g/mol. The van der Waals surface area contributed by atoms with Crippen LogP contribution in [0.4, 0.5) is 40.2 Å². The number of anilines is 7. The van der Waals surface area contributed by atoms with Crippen LogP contribution in [0.2, 0.25) is 5.02 Å².